The van der Waals surface area contributed by atoms with Crippen LogP contribution in [0.1, 0.15) is 24.6 Å². The average molecular weight is 302 g/mol. The molecule has 0 aliphatic heterocycles. The summed E-state index contributed by atoms with van der Waals surface area (Å²) in [6.07, 6.45) is 2.45. The third-order valence-electron chi connectivity index (χ3n) is 2.04. The molecule has 1 N–H and O–H groups in total. The number of aryl methyl sites for hydroxylation is 1. The zero-order valence-corrected chi connectivity index (χ0v) is 11.8. The van der Waals surface area contributed by atoms with Gasteiger partial charge in [-0.05, 0) is 47.8 Å². The first-order valence-electron chi connectivity index (χ1n) is 5.23. The van der Waals surface area contributed by atoms with E-state index in [1.54, 1.807) is 11.3 Å². The molecular formula is C12H16BrNOS. The molecule has 16 heavy (non-hydrogen) atoms. The second-order valence-electron chi connectivity index (χ2n) is 3.79. The highest BCUT2D eigenvalue weighted by Crippen LogP contribution is 2.23. The van der Waals surface area contributed by atoms with Crippen molar-refractivity contribution in [3.8, 4) is 0 Å². The first kappa shape index (κ1) is 13.5. The van der Waals surface area contributed by atoms with E-state index in [1.165, 1.54) is 4.88 Å². The first-order chi connectivity index (χ1) is 7.58. The van der Waals surface area contributed by atoms with Gasteiger partial charge in [-0.15, -0.1) is 11.3 Å². The molecule has 0 atom stereocenters. The Labute approximate surface area is 109 Å². The van der Waals surface area contributed by atoms with Gasteiger partial charge in [0, 0.05) is 17.8 Å². The second-order valence-corrected chi connectivity index (χ2v) is 6.34. The molecule has 0 saturated heterocycles. The molecule has 2 nitrogen and oxygen atoms in total. The highest BCUT2D eigenvalue weighted by atomic mass is 79.9. The molecule has 0 spiro atoms. The van der Waals surface area contributed by atoms with Crippen LogP contribution in [-0.4, -0.2) is 12.5 Å². The molecule has 1 heterocycles. The molecule has 0 unspecified atom stereocenters. The van der Waals surface area contributed by atoms with Crippen molar-refractivity contribution in [2.24, 2.45) is 0 Å². The molecule has 0 bridgehead atoms. The Morgan fingerprint density at radius 2 is 2.31 bits per heavy atom. The molecule has 1 rings (SSSR count). The van der Waals surface area contributed by atoms with Gasteiger partial charge in [-0.2, -0.15) is 0 Å². The van der Waals surface area contributed by atoms with Gasteiger partial charge < -0.3 is 5.32 Å². The minimum Gasteiger partial charge on any atom is -0.352 e. The first-order valence-corrected chi connectivity index (χ1v) is 6.84. The maximum atomic E-state index is 11.4. The maximum Gasteiger partial charge on any atom is 0.220 e. The van der Waals surface area contributed by atoms with Gasteiger partial charge >= 0.3 is 0 Å². The van der Waals surface area contributed by atoms with E-state index in [-0.39, 0.29) is 5.91 Å². The fraction of sp³-hybridized carbons (Fsp3) is 0.417. The molecule has 1 aromatic heterocycles. The van der Waals surface area contributed by atoms with Crippen LogP contribution in [0.4, 0.5) is 0 Å². The number of carbonyl (C=O) groups excluding carboxylic acids is 1. The fourth-order valence-corrected chi connectivity index (χ4v) is 2.77. The van der Waals surface area contributed by atoms with E-state index in [1.807, 2.05) is 13.0 Å². The highest BCUT2D eigenvalue weighted by molar-refractivity contribution is 9.11. The maximum absolute atomic E-state index is 11.4. The zero-order chi connectivity index (χ0) is 12.0. The number of thiophene rings is 1. The molecule has 0 fully saturated rings. The monoisotopic (exact) mass is 301 g/mol. The summed E-state index contributed by atoms with van der Waals surface area (Å²) in [7, 11) is 0. The van der Waals surface area contributed by atoms with Crippen LogP contribution in [0.15, 0.2) is 28.1 Å². The van der Waals surface area contributed by atoms with Crippen LogP contribution in [-0.2, 0) is 11.2 Å². The Morgan fingerprint density at radius 1 is 1.56 bits per heavy atom. The molecule has 0 radical (unpaired) electrons. The third kappa shape index (κ3) is 5.47. The third-order valence-corrected chi connectivity index (χ3v) is 3.73. The van der Waals surface area contributed by atoms with Gasteiger partial charge in [0.25, 0.3) is 0 Å². The van der Waals surface area contributed by atoms with Gasteiger partial charge in [-0.3, -0.25) is 4.79 Å². The van der Waals surface area contributed by atoms with E-state index >= 15 is 0 Å². The Bertz CT molecular complexity index is 373. The van der Waals surface area contributed by atoms with Gasteiger partial charge in [0.15, 0.2) is 0 Å². The number of amides is 1. The summed E-state index contributed by atoms with van der Waals surface area (Å²) in [6, 6.07) is 4.14. The topological polar surface area (TPSA) is 29.1 Å². The van der Waals surface area contributed by atoms with Gasteiger partial charge in [0.05, 0.1) is 3.79 Å². The van der Waals surface area contributed by atoms with Crippen molar-refractivity contribution in [2.45, 2.75) is 26.2 Å². The lowest BCUT2D eigenvalue weighted by molar-refractivity contribution is -0.121. The van der Waals surface area contributed by atoms with E-state index in [0.29, 0.717) is 13.0 Å². The van der Waals surface area contributed by atoms with E-state index in [9.17, 15) is 4.79 Å². The molecule has 1 amide bonds. The SMILES string of the molecule is C=C(C)CNC(=O)CCCc1ccc(Br)s1. The minimum absolute atomic E-state index is 0.110. The van der Waals surface area contributed by atoms with Gasteiger partial charge in [0.2, 0.25) is 5.91 Å². The molecule has 0 aromatic carbocycles. The van der Waals surface area contributed by atoms with Crippen LogP contribution < -0.4 is 5.32 Å². The molecule has 88 valence electrons. The lowest BCUT2D eigenvalue weighted by Crippen LogP contribution is -2.24. The molecule has 0 saturated carbocycles. The van der Waals surface area contributed by atoms with Crippen molar-refractivity contribution in [2.75, 3.05) is 6.54 Å². The van der Waals surface area contributed by atoms with E-state index in [4.69, 9.17) is 0 Å². The molecule has 1 aromatic rings. The second kappa shape index (κ2) is 6.86. The van der Waals surface area contributed by atoms with E-state index in [0.717, 1.165) is 22.2 Å². The summed E-state index contributed by atoms with van der Waals surface area (Å²) in [5, 5.41) is 2.83. The Balaban J connectivity index is 2.15. The van der Waals surface area contributed by atoms with E-state index in [2.05, 4.69) is 33.9 Å². The summed E-state index contributed by atoms with van der Waals surface area (Å²) in [5.41, 5.74) is 0.982. The number of nitrogens with one attached hydrogen (secondary N) is 1. The van der Waals surface area contributed by atoms with Crippen molar-refractivity contribution in [3.63, 3.8) is 0 Å². The van der Waals surface area contributed by atoms with E-state index < -0.39 is 0 Å². The lowest BCUT2D eigenvalue weighted by Gasteiger charge is -2.03. The number of rotatable bonds is 6. The largest absolute Gasteiger partial charge is 0.352 e. The summed E-state index contributed by atoms with van der Waals surface area (Å²) >= 11 is 5.15. The summed E-state index contributed by atoms with van der Waals surface area (Å²) in [4.78, 5) is 12.7. The Morgan fingerprint density at radius 3 is 2.88 bits per heavy atom. The predicted octanol–water partition coefficient (Wildman–Crippen LogP) is 3.53. The van der Waals surface area contributed by atoms with Crippen LogP contribution in [0.5, 0.6) is 0 Å². The van der Waals surface area contributed by atoms with Crippen LogP contribution in [0.2, 0.25) is 0 Å². The zero-order valence-electron chi connectivity index (χ0n) is 9.38. The summed E-state index contributed by atoms with van der Waals surface area (Å²) in [5.74, 6) is 0.110. The van der Waals surface area contributed by atoms with Crippen LogP contribution >= 0.6 is 27.3 Å². The molecule has 0 aliphatic rings. The normalized spacial score (nSPS) is 10.1. The van der Waals surface area contributed by atoms with Crippen LogP contribution in [0.25, 0.3) is 0 Å². The average Bonchev–Trinajstić information content (AvgIpc) is 2.61. The summed E-state index contributed by atoms with van der Waals surface area (Å²) < 4.78 is 1.15. The van der Waals surface area contributed by atoms with Crippen molar-refractivity contribution >= 4 is 33.2 Å². The molecule has 4 heteroatoms. The summed E-state index contributed by atoms with van der Waals surface area (Å²) in [6.45, 7) is 6.23. The number of halogens is 1. The van der Waals surface area contributed by atoms with Crippen molar-refractivity contribution < 1.29 is 4.79 Å². The minimum atomic E-state index is 0.110. The number of carbonyl (C=O) groups is 1. The highest BCUT2D eigenvalue weighted by Gasteiger charge is 2.02. The van der Waals surface area contributed by atoms with Crippen molar-refractivity contribution in [1.29, 1.82) is 0 Å². The van der Waals surface area contributed by atoms with Crippen LogP contribution in [0, 0.1) is 0 Å². The number of hydrogen-bond acceptors (Lipinski definition) is 2. The van der Waals surface area contributed by atoms with Crippen LogP contribution in [0.3, 0.4) is 0 Å². The fourth-order valence-electron chi connectivity index (χ4n) is 1.25. The quantitative estimate of drug-likeness (QED) is 0.800. The lowest BCUT2D eigenvalue weighted by atomic mass is 10.2. The molecular weight excluding hydrogens is 286 g/mol. The van der Waals surface area contributed by atoms with Crippen molar-refractivity contribution in [1.82, 2.24) is 5.32 Å². The van der Waals surface area contributed by atoms with Crippen molar-refractivity contribution in [3.05, 3.63) is 32.9 Å². The standard InChI is InChI=1S/C12H16BrNOS/c1-9(2)8-14-12(15)5-3-4-10-6-7-11(13)16-10/h6-7H,1,3-5,8H2,2H3,(H,14,15). The smallest absolute Gasteiger partial charge is 0.220 e. The Kier molecular flexibility index (Phi) is 5.77. The Hall–Kier alpha value is -0.610. The van der Waals surface area contributed by atoms with Gasteiger partial charge in [-0.1, -0.05) is 12.2 Å². The van der Waals surface area contributed by atoms with Gasteiger partial charge in [-0.25, -0.2) is 0 Å². The number of hydrogen-bond donors (Lipinski definition) is 1. The molecule has 0 aliphatic carbocycles. The predicted molar refractivity (Wildman–Crippen MR) is 72.8 cm³/mol. The van der Waals surface area contributed by atoms with Gasteiger partial charge in [0.1, 0.15) is 0 Å².